The Bertz CT molecular complexity index is 1040. The van der Waals surface area contributed by atoms with E-state index >= 15 is 0 Å². The summed E-state index contributed by atoms with van der Waals surface area (Å²) in [5, 5.41) is 19.4. The predicted octanol–water partition coefficient (Wildman–Crippen LogP) is 1.82. The molecular weight excluding hydrogens is 399 g/mol. The second-order valence-corrected chi connectivity index (χ2v) is 7.56. The van der Waals surface area contributed by atoms with E-state index in [1.807, 2.05) is 0 Å². The first-order valence-electron chi connectivity index (χ1n) is 10.1. The van der Waals surface area contributed by atoms with E-state index in [-0.39, 0.29) is 24.3 Å². The molecule has 0 radical (unpaired) electrons. The normalized spacial score (nSPS) is 18.4. The number of nitrogens with zero attached hydrogens (tertiary/aromatic N) is 2. The number of rotatable bonds is 9. The van der Waals surface area contributed by atoms with E-state index in [1.54, 1.807) is 59.5 Å². The van der Waals surface area contributed by atoms with Gasteiger partial charge in [-0.15, -0.1) is 0 Å². The van der Waals surface area contributed by atoms with Crippen LogP contribution in [-0.4, -0.2) is 51.8 Å². The number of hydrogen-bond donors (Lipinski definition) is 3. The molecule has 31 heavy (non-hydrogen) atoms. The van der Waals surface area contributed by atoms with Crippen LogP contribution in [0.4, 0.5) is 4.39 Å². The van der Waals surface area contributed by atoms with Gasteiger partial charge in [-0.1, -0.05) is 12.1 Å². The number of hydrogen-bond acceptors (Lipinski definition) is 5. The number of amides is 1. The van der Waals surface area contributed by atoms with Gasteiger partial charge >= 0.3 is 0 Å². The monoisotopic (exact) mass is 422 g/mol. The van der Waals surface area contributed by atoms with Gasteiger partial charge in [0, 0.05) is 36.5 Å². The number of carbonyl (C=O) groups is 2. The molecule has 1 fully saturated rings. The zero-order valence-corrected chi connectivity index (χ0v) is 16.7. The van der Waals surface area contributed by atoms with Gasteiger partial charge in [-0.25, -0.2) is 9.07 Å². The number of Topliss-reactive ketones (excluding diaryl/α,β-unsaturated/α-hetero) is 1. The SMILES string of the molecule is O=C(N[C@@H](CNC1C[C@H]1c1ccc(F)cc1)C(=O)CO)c1ccc(-n2cccn2)cc1. The standard InChI is InChI=1S/C23H23FN4O3/c24-17-6-2-15(3-7-17)19-12-20(19)25-13-21(22(30)14-29)27-23(31)16-4-8-18(9-5-16)28-11-1-10-26-28/h1-11,19-21,25,29H,12-14H2,(H,27,31)/t19-,20?,21-/m0/s1. The van der Waals surface area contributed by atoms with E-state index < -0.39 is 24.3 Å². The first-order valence-corrected chi connectivity index (χ1v) is 10.1. The van der Waals surface area contributed by atoms with Crippen molar-refractivity contribution in [3.63, 3.8) is 0 Å². The Kier molecular flexibility index (Phi) is 6.20. The number of halogens is 1. The third-order valence-electron chi connectivity index (χ3n) is 5.42. The van der Waals surface area contributed by atoms with Gasteiger partial charge in [0.15, 0.2) is 5.78 Å². The maximum Gasteiger partial charge on any atom is 0.251 e. The van der Waals surface area contributed by atoms with Gasteiger partial charge in [-0.3, -0.25) is 9.59 Å². The van der Waals surface area contributed by atoms with E-state index in [0.717, 1.165) is 17.7 Å². The summed E-state index contributed by atoms with van der Waals surface area (Å²) < 4.78 is 14.8. The zero-order valence-electron chi connectivity index (χ0n) is 16.7. The predicted molar refractivity (Wildman–Crippen MR) is 112 cm³/mol. The quantitative estimate of drug-likeness (QED) is 0.489. The number of nitrogens with one attached hydrogen (secondary N) is 2. The highest BCUT2D eigenvalue weighted by molar-refractivity contribution is 5.98. The molecular formula is C23H23FN4O3. The van der Waals surface area contributed by atoms with E-state index in [1.165, 1.54) is 12.1 Å². The zero-order chi connectivity index (χ0) is 21.8. The molecule has 1 unspecified atom stereocenters. The molecule has 4 rings (SSSR count). The minimum absolute atomic E-state index is 0.143. The lowest BCUT2D eigenvalue weighted by Gasteiger charge is -2.18. The lowest BCUT2D eigenvalue weighted by atomic mass is 10.1. The summed E-state index contributed by atoms with van der Waals surface area (Å²) in [5.74, 6) is -0.890. The van der Waals surface area contributed by atoms with Crippen LogP contribution in [0.15, 0.2) is 67.0 Å². The van der Waals surface area contributed by atoms with Crippen molar-refractivity contribution in [2.45, 2.75) is 24.4 Å². The topological polar surface area (TPSA) is 96.3 Å². The fourth-order valence-corrected chi connectivity index (χ4v) is 3.55. The Balaban J connectivity index is 1.34. The largest absolute Gasteiger partial charge is 0.388 e. The van der Waals surface area contributed by atoms with Gasteiger partial charge in [-0.05, 0) is 54.4 Å². The van der Waals surface area contributed by atoms with Crippen LogP contribution in [-0.2, 0) is 4.79 Å². The summed E-state index contributed by atoms with van der Waals surface area (Å²) in [6.07, 6.45) is 4.33. The second-order valence-electron chi connectivity index (χ2n) is 7.56. The van der Waals surface area contributed by atoms with Crippen LogP contribution in [0.25, 0.3) is 5.69 Å². The van der Waals surface area contributed by atoms with Gasteiger partial charge in [0.25, 0.3) is 5.91 Å². The molecule has 3 N–H and O–H groups in total. The van der Waals surface area contributed by atoms with Gasteiger partial charge < -0.3 is 15.7 Å². The molecule has 7 nitrogen and oxygen atoms in total. The summed E-state index contributed by atoms with van der Waals surface area (Å²) >= 11 is 0. The van der Waals surface area contributed by atoms with Gasteiger partial charge in [-0.2, -0.15) is 5.10 Å². The first-order chi connectivity index (χ1) is 15.0. The fourth-order valence-electron chi connectivity index (χ4n) is 3.55. The molecule has 0 aliphatic heterocycles. The van der Waals surface area contributed by atoms with Gasteiger partial charge in [0.2, 0.25) is 0 Å². The maximum atomic E-state index is 13.1. The Hall–Kier alpha value is -3.36. The Morgan fingerprint density at radius 3 is 2.55 bits per heavy atom. The average molecular weight is 422 g/mol. The van der Waals surface area contributed by atoms with Crippen LogP contribution in [0.1, 0.15) is 28.3 Å². The highest BCUT2D eigenvalue weighted by atomic mass is 19.1. The lowest BCUT2D eigenvalue weighted by Crippen LogP contribution is -2.48. The minimum Gasteiger partial charge on any atom is -0.388 e. The minimum atomic E-state index is -0.849. The number of aromatic nitrogens is 2. The average Bonchev–Trinajstić information content (AvgIpc) is 3.35. The molecule has 1 aromatic heterocycles. The van der Waals surface area contributed by atoms with Gasteiger partial charge in [0.1, 0.15) is 18.5 Å². The summed E-state index contributed by atoms with van der Waals surface area (Å²) in [5.41, 5.74) is 2.25. The van der Waals surface area contributed by atoms with Crippen molar-refractivity contribution in [3.8, 4) is 5.69 Å². The molecule has 3 aromatic rings. The van der Waals surface area contributed by atoms with E-state index in [2.05, 4.69) is 15.7 Å². The van der Waals surface area contributed by atoms with Gasteiger partial charge in [0.05, 0.1) is 5.69 Å². The van der Waals surface area contributed by atoms with Crippen molar-refractivity contribution < 1.29 is 19.1 Å². The molecule has 0 spiro atoms. The number of benzene rings is 2. The third-order valence-corrected chi connectivity index (χ3v) is 5.42. The molecule has 8 heteroatoms. The van der Waals surface area contributed by atoms with E-state index in [9.17, 15) is 19.1 Å². The molecule has 3 atom stereocenters. The molecule has 0 saturated heterocycles. The number of carbonyl (C=O) groups excluding carboxylic acids is 2. The molecule has 1 aliphatic carbocycles. The molecule has 1 saturated carbocycles. The summed E-state index contributed by atoms with van der Waals surface area (Å²) in [7, 11) is 0. The van der Waals surface area contributed by atoms with Crippen LogP contribution in [0.2, 0.25) is 0 Å². The van der Waals surface area contributed by atoms with Crippen molar-refractivity contribution in [1.82, 2.24) is 20.4 Å². The van der Waals surface area contributed by atoms with Crippen molar-refractivity contribution in [1.29, 1.82) is 0 Å². The Morgan fingerprint density at radius 2 is 1.90 bits per heavy atom. The van der Waals surface area contributed by atoms with Crippen molar-refractivity contribution in [2.75, 3.05) is 13.2 Å². The van der Waals surface area contributed by atoms with Crippen LogP contribution >= 0.6 is 0 Å². The van der Waals surface area contributed by atoms with Crippen LogP contribution < -0.4 is 10.6 Å². The lowest BCUT2D eigenvalue weighted by molar-refractivity contribution is -0.123. The highest BCUT2D eigenvalue weighted by Gasteiger charge is 2.38. The maximum absolute atomic E-state index is 13.1. The van der Waals surface area contributed by atoms with Crippen molar-refractivity contribution >= 4 is 11.7 Å². The molecule has 1 aliphatic rings. The Labute approximate surface area is 178 Å². The first kappa shape index (κ1) is 20.9. The van der Waals surface area contributed by atoms with Crippen molar-refractivity contribution in [3.05, 3.63) is 83.9 Å². The number of ketones is 1. The Morgan fingerprint density at radius 1 is 1.16 bits per heavy atom. The highest BCUT2D eigenvalue weighted by Crippen LogP contribution is 2.40. The molecule has 2 aromatic carbocycles. The molecule has 1 heterocycles. The van der Waals surface area contributed by atoms with Crippen LogP contribution in [0.3, 0.4) is 0 Å². The van der Waals surface area contributed by atoms with Crippen LogP contribution in [0, 0.1) is 5.82 Å². The number of aliphatic hydroxyl groups excluding tert-OH is 1. The summed E-state index contributed by atoms with van der Waals surface area (Å²) in [6.45, 7) is -0.449. The molecule has 0 bridgehead atoms. The second kappa shape index (κ2) is 9.20. The fraction of sp³-hybridized carbons (Fsp3) is 0.261. The molecule has 160 valence electrons. The number of aliphatic hydroxyl groups is 1. The third kappa shape index (κ3) is 5.04. The smallest absolute Gasteiger partial charge is 0.251 e. The summed E-state index contributed by atoms with van der Waals surface area (Å²) in [6, 6.07) is 14.3. The molecule has 1 amide bonds. The van der Waals surface area contributed by atoms with E-state index in [4.69, 9.17) is 0 Å². The van der Waals surface area contributed by atoms with Crippen LogP contribution in [0.5, 0.6) is 0 Å². The van der Waals surface area contributed by atoms with E-state index in [0.29, 0.717) is 5.56 Å². The summed E-state index contributed by atoms with van der Waals surface area (Å²) in [4.78, 5) is 24.8. The van der Waals surface area contributed by atoms with Crippen molar-refractivity contribution in [2.24, 2.45) is 0 Å².